The Hall–Kier alpha value is -2.24. The van der Waals surface area contributed by atoms with Crippen LogP contribution in [0.25, 0.3) is 0 Å². The molecule has 2 fully saturated rings. The van der Waals surface area contributed by atoms with E-state index in [-0.39, 0.29) is 23.1 Å². The summed E-state index contributed by atoms with van der Waals surface area (Å²) in [4.78, 5) is 36.2. The molecule has 1 N–H and O–H groups in total. The Kier molecular flexibility index (Phi) is 2.81. The van der Waals surface area contributed by atoms with Crippen LogP contribution < -0.4 is 4.90 Å². The van der Waals surface area contributed by atoms with E-state index in [1.807, 2.05) is 0 Å². The van der Waals surface area contributed by atoms with E-state index < -0.39 is 23.6 Å². The monoisotopic (exact) mass is 277 g/mol. The van der Waals surface area contributed by atoms with Crippen molar-refractivity contribution in [3.8, 4) is 0 Å². The molecule has 1 saturated heterocycles. The van der Waals surface area contributed by atoms with Crippen molar-refractivity contribution in [1.29, 1.82) is 0 Å². The van der Waals surface area contributed by atoms with Gasteiger partial charge in [-0.1, -0.05) is 6.42 Å². The van der Waals surface area contributed by atoms with Crippen molar-refractivity contribution in [2.24, 2.45) is 11.8 Å². The molecule has 1 heterocycles. The number of benzene rings is 1. The summed E-state index contributed by atoms with van der Waals surface area (Å²) in [6.45, 7) is 0. The summed E-state index contributed by atoms with van der Waals surface area (Å²) in [5.41, 5.74) is -0.409. The fourth-order valence-electron chi connectivity index (χ4n) is 3.05. The minimum atomic E-state index is -1.23. The molecule has 2 amide bonds. The van der Waals surface area contributed by atoms with E-state index in [2.05, 4.69) is 0 Å². The van der Waals surface area contributed by atoms with Crippen LogP contribution in [-0.4, -0.2) is 22.9 Å². The largest absolute Gasteiger partial charge is 0.478 e. The summed E-state index contributed by atoms with van der Waals surface area (Å²) in [5, 5.41) is 8.93. The number of nitrogens with zero attached hydrogens (tertiary/aromatic N) is 1. The highest BCUT2D eigenvalue weighted by Crippen LogP contribution is 2.42. The van der Waals surface area contributed by atoms with Crippen LogP contribution in [0.15, 0.2) is 18.2 Å². The number of aromatic carboxylic acids is 1. The maximum Gasteiger partial charge on any atom is 0.335 e. The van der Waals surface area contributed by atoms with E-state index in [4.69, 9.17) is 5.11 Å². The number of hydrogen-bond donors (Lipinski definition) is 1. The maximum absolute atomic E-state index is 13.9. The van der Waals surface area contributed by atoms with Crippen LogP contribution in [0.5, 0.6) is 0 Å². The molecule has 1 aliphatic heterocycles. The smallest absolute Gasteiger partial charge is 0.335 e. The Bertz CT molecular complexity index is 606. The standard InChI is InChI=1S/C14H12FNO4/c15-10-5-4-7(14(19)20)6-11(10)16-12(17)8-2-1-3-9(8)13(16)18/h4-6,8-9H,1-3H2,(H,19,20). The van der Waals surface area contributed by atoms with Crippen LogP contribution >= 0.6 is 0 Å². The van der Waals surface area contributed by atoms with Crippen LogP contribution in [0.1, 0.15) is 29.6 Å². The van der Waals surface area contributed by atoms with Gasteiger partial charge in [0.2, 0.25) is 11.8 Å². The molecule has 2 atom stereocenters. The minimum absolute atomic E-state index is 0.154. The molecule has 1 aromatic rings. The van der Waals surface area contributed by atoms with Gasteiger partial charge in [0.05, 0.1) is 23.1 Å². The predicted molar refractivity (Wildman–Crippen MR) is 66.7 cm³/mol. The topological polar surface area (TPSA) is 74.7 Å². The normalized spacial score (nSPS) is 25.1. The average molecular weight is 277 g/mol. The third-order valence-corrected chi connectivity index (χ3v) is 4.03. The Morgan fingerprint density at radius 1 is 1.20 bits per heavy atom. The van der Waals surface area contributed by atoms with Crippen LogP contribution in [0, 0.1) is 17.7 Å². The molecule has 2 unspecified atom stereocenters. The molecule has 6 heteroatoms. The Morgan fingerprint density at radius 3 is 2.35 bits per heavy atom. The quantitative estimate of drug-likeness (QED) is 0.837. The van der Waals surface area contributed by atoms with Gasteiger partial charge < -0.3 is 5.11 Å². The highest BCUT2D eigenvalue weighted by molar-refractivity contribution is 6.22. The average Bonchev–Trinajstić information content (AvgIpc) is 2.96. The molecule has 3 rings (SSSR count). The number of fused-ring (bicyclic) bond motifs is 1. The van der Waals surface area contributed by atoms with Gasteiger partial charge in [-0.05, 0) is 31.0 Å². The fraction of sp³-hybridized carbons (Fsp3) is 0.357. The highest BCUT2D eigenvalue weighted by Gasteiger charge is 2.50. The summed E-state index contributed by atoms with van der Waals surface area (Å²) in [6.07, 6.45) is 2.08. The molecular weight excluding hydrogens is 265 g/mol. The molecule has 2 aliphatic rings. The summed E-state index contributed by atoms with van der Waals surface area (Å²) < 4.78 is 13.9. The van der Waals surface area contributed by atoms with Gasteiger partial charge in [-0.15, -0.1) is 0 Å². The SMILES string of the molecule is O=C(O)c1ccc(F)c(N2C(=O)C3CCCC3C2=O)c1. The first-order chi connectivity index (χ1) is 9.50. The van der Waals surface area contributed by atoms with Crippen LogP contribution in [-0.2, 0) is 9.59 Å². The number of carboxylic acids is 1. The molecule has 1 aliphatic carbocycles. The number of carboxylic acid groups (broad SMARTS) is 1. The van der Waals surface area contributed by atoms with Crippen molar-refractivity contribution >= 4 is 23.5 Å². The van der Waals surface area contributed by atoms with Gasteiger partial charge in [0, 0.05) is 0 Å². The van der Waals surface area contributed by atoms with Crippen molar-refractivity contribution in [2.45, 2.75) is 19.3 Å². The summed E-state index contributed by atoms with van der Waals surface area (Å²) in [6, 6.07) is 3.11. The molecular formula is C14H12FNO4. The molecule has 104 valence electrons. The second-order valence-corrected chi connectivity index (χ2v) is 5.13. The Morgan fingerprint density at radius 2 is 1.80 bits per heavy atom. The number of hydrogen-bond acceptors (Lipinski definition) is 3. The first-order valence-electron chi connectivity index (χ1n) is 6.41. The Labute approximate surface area is 114 Å². The van der Waals surface area contributed by atoms with Gasteiger partial charge in [0.15, 0.2) is 0 Å². The summed E-state index contributed by atoms with van der Waals surface area (Å²) >= 11 is 0. The number of halogens is 1. The number of rotatable bonds is 2. The van der Waals surface area contributed by atoms with Crippen LogP contribution in [0.4, 0.5) is 10.1 Å². The van der Waals surface area contributed by atoms with Gasteiger partial charge >= 0.3 is 5.97 Å². The van der Waals surface area contributed by atoms with Gasteiger partial charge in [-0.3, -0.25) is 9.59 Å². The lowest BCUT2D eigenvalue weighted by molar-refractivity contribution is -0.122. The molecule has 0 radical (unpaired) electrons. The van der Waals surface area contributed by atoms with Crippen molar-refractivity contribution in [3.63, 3.8) is 0 Å². The molecule has 20 heavy (non-hydrogen) atoms. The number of amides is 2. The fourth-order valence-corrected chi connectivity index (χ4v) is 3.05. The second-order valence-electron chi connectivity index (χ2n) is 5.13. The van der Waals surface area contributed by atoms with Crippen molar-refractivity contribution in [1.82, 2.24) is 0 Å². The van der Waals surface area contributed by atoms with Crippen LogP contribution in [0.2, 0.25) is 0 Å². The van der Waals surface area contributed by atoms with Crippen LogP contribution in [0.3, 0.4) is 0 Å². The maximum atomic E-state index is 13.9. The lowest BCUT2D eigenvalue weighted by atomic mass is 10.00. The van der Waals surface area contributed by atoms with Gasteiger partial charge in [-0.25, -0.2) is 14.1 Å². The zero-order valence-corrected chi connectivity index (χ0v) is 10.5. The first-order valence-corrected chi connectivity index (χ1v) is 6.41. The van der Waals surface area contributed by atoms with Crippen molar-refractivity contribution in [2.75, 3.05) is 4.90 Å². The van der Waals surface area contributed by atoms with E-state index in [1.165, 1.54) is 0 Å². The molecule has 0 bridgehead atoms. The van der Waals surface area contributed by atoms with E-state index in [1.54, 1.807) is 0 Å². The molecule has 0 aromatic heterocycles. The van der Waals surface area contributed by atoms with E-state index in [0.29, 0.717) is 12.8 Å². The molecule has 1 aromatic carbocycles. The second kappa shape index (κ2) is 4.40. The van der Waals surface area contributed by atoms with E-state index in [9.17, 15) is 18.8 Å². The lowest BCUT2D eigenvalue weighted by Gasteiger charge is -2.17. The van der Waals surface area contributed by atoms with Gasteiger partial charge in [0.25, 0.3) is 0 Å². The third kappa shape index (κ3) is 1.71. The third-order valence-electron chi connectivity index (χ3n) is 4.03. The van der Waals surface area contributed by atoms with E-state index >= 15 is 0 Å². The van der Waals surface area contributed by atoms with Gasteiger partial charge in [0.1, 0.15) is 5.82 Å². The molecule has 1 saturated carbocycles. The van der Waals surface area contributed by atoms with Crippen molar-refractivity contribution < 1.29 is 23.9 Å². The zero-order chi connectivity index (χ0) is 14.4. The number of carbonyl (C=O) groups is 3. The predicted octanol–water partition coefficient (Wildman–Crippen LogP) is 1.81. The zero-order valence-electron chi connectivity index (χ0n) is 10.5. The number of anilines is 1. The highest BCUT2D eigenvalue weighted by atomic mass is 19.1. The van der Waals surface area contributed by atoms with Crippen molar-refractivity contribution in [3.05, 3.63) is 29.6 Å². The number of imide groups is 1. The summed E-state index contributed by atoms with van der Waals surface area (Å²) in [7, 11) is 0. The van der Waals surface area contributed by atoms with E-state index in [0.717, 1.165) is 29.5 Å². The number of carbonyl (C=O) groups excluding carboxylic acids is 2. The molecule has 0 spiro atoms. The minimum Gasteiger partial charge on any atom is -0.478 e. The summed E-state index contributed by atoms with van der Waals surface area (Å²) in [5.74, 6) is -3.59. The molecule has 5 nitrogen and oxygen atoms in total. The van der Waals surface area contributed by atoms with Gasteiger partial charge in [-0.2, -0.15) is 0 Å². The lowest BCUT2D eigenvalue weighted by Crippen LogP contribution is -2.32. The first kappa shape index (κ1) is 12.8. The Balaban J connectivity index is 2.05.